The topological polar surface area (TPSA) is 58.8 Å². The third-order valence-corrected chi connectivity index (χ3v) is 3.73. The quantitative estimate of drug-likeness (QED) is 0.718. The molecule has 0 spiro atoms. The Morgan fingerprint density at radius 1 is 1.24 bits per heavy atom. The summed E-state index contributed by atoms with van der Waals surface area (Å²) in [6.45, 7) is 7.22. The van der Waals surface area contributed by atoms with Crippen molar-refractivity contribution in [3.8, 4) is 0 Å². The second-order valence-corrected chi connectivity index (χ2v) is 4.99. The van der Waals surface area contributed by atoms with Gasteiger partial charge >= 0.3 is 0 Å². The van der Waals surface area contributed by atoms with Gasteiger partial charge in [0, 0.05) is 32.2 Å². The Morgan fingerprint density at radius 2 is 1.82 bits per heavy atom. The Hall–Kier alpha value is -0.650. The molecule has 2 heterocycles. The fraction of sp³-hybridized carbons (Fsp3) is 0.917. The first-order chi connectivity index (χ1) is 8.18. The number of ether oxygens (including phenoxy) is 1. The maximum atomic E-state index is 11.7. The third-order valence-electron chi connectivity index (χ3n) is 3.73. The zero-order chi connectivity index (χ0) is 12.3. The Labute approximate surface area is 103 Å². The lowest BCUT2D eigenvalue weighted by atomic mass is 10.0. The SMILES string of the molecule is C[C@@H](N)C(=O)N1CCC(N2CCOCC2)CC1. The number of carbonyl (C=O) groups is 1. The highest BCUT2D eigenvalue weighted by Crippen LogP contribution is 2.18. The second-order valence-electron chi connectivity index (χ2n) is 4.99. The first kappa shape index (κ1) is 12.8. The molecule has 2 aliphatic rings. The van der Waals surface area contributed by atoms with Gasteiger partial charge in [0.2, 0.25) is 5.91 Å². The summed E-state index contributed by atoms with van der Waals surface area (Å²) in [5.74, 6) is 0.0884. The van der Waals surface area contributed by atoms with Crippen LogP contribution in [0.3, 0.4) is 0 Å². The molecule has 0 bridgehead atoms. The van der Waals surface area contributed by atoms with Crippen molar-refractivity contribution in [2.24, 2.45) is 5.73 Å². The van der Waals surface area contributed by atoms with Crippen molar-refractivity contribution in [2.45, 2.75) is 31.8 Å². The largest absolute Gasteiger partial charge is 0.379 e. The molecule has 98 valence electrons. The van der Waals surface area contributed by atoms with Gasteiger partial charge in [0.15, 0.2) is 0 Å². The number of nitrogens with zero attached hydrogens (tertiary/aromatic N) is 2. The van der Waals surface area contributed by atoms with Gasteiger partial charge < -0.3 is 15.4 Å². The molecule has 0 saturated carbocycles. The van der Waals surface area contributed by atoms with E-state index in [9.17, 15) is 4.79 Å². The molecule has 1 amide bonds. The number of carbonyl (C=O) groups excluding carboxylic acids is 1. The Balaban J connectivity index is 1.79. The predicted molar refractivity (Wildman–Crippen MR) is 65.6 cm³/mol. The summed E-state index contributed by atoms with van der Waals surface area (Å²) in [7, 11) is 0. The zero-order valence-corrected chi connectivity index (χ0v) is 10.6. The van der Waals surface area contributed by atoms with Crippen LogP contribution in [-0.4, -0.2) is 67.2 Å². The van der Waals surface area contributed by atoms with E-state index in [1.807, 2.05) is 4.90 Å². The Kier molecular flexibility index (Phi) is 4.36. The molecule has 2 N–H and O–H groups in total. The highest BCUT2D eigenvalue weighted by Gasteiger charge is 2.28. The van der Waals surface area contributed by atoms with Crippen LogP contribution in [0, 0.1) is 0 Å². The van der Waals surface area contributed by atoms with Crippen molar-refractivity contribution in [2.75, 3.05) is 39.4 Å². The Morgan fingerprint density at radius 3 is 2.35 bits per heavy atom. The lowest BCUT2D eigenvalue weighted by molar-refractivity contribution is -0.134. The monoisotopic (exact) mass is 241 g/mol. The maximum absolute atomic E-state index is 11.7. The van der Waals surface area contributed by atoms with E-state index in [1.54, 1.807) is 6.92 Å². The molecule has 2 saturated heterocycles. The first-order valence-corrected chi connectivity index (χ1v) is 6.54. The van der Waals surface area contributed by atoms with Gasteiger partial charge in [-0.15, -0.1) is 0 Å². The van der Waals surface area contributed by atoms with Crippen LogP contribution in [0.15, 0.2) is 0 Å². The van der Waals surface area contributed by atoms with Crippen LogP contribution in [0.2, 0.25) is 0 Å². The van der Waals surface area contributed by atoms with Crippen LogP contribution in [0.1, 0.15) is 19.8 Å². The molecule has 0 aliphatic carbocycles. The van der Waals surface area contributed by atoms with E-state index >= 15 is 0 Å². The minimum absolute atomic E-state index is 0.0884. The molecule has 0 aromatic heterocycles. The minimum atomic E-state index is -0.366. The fourth-order valence-corrected chi connectivity index (χ4v) is 2.68. The number of piperidine rings is 1. The summed E-state index contributed by atoms with van der Waals surface area (Å²) < 4.78 is 5.36. The van der Waals surface area contributed by atoms with Gasteiger partial charge in [0.25, 0.3) is 0 Å². The molecule has 5 heteroatoms. The van der Waals surface area contributed by atoms with Crippen LogP contribution in [0.4, 0.5) is 0 Å². The van der Waals surface area contributed by atoms with Crippen LogP contribution in [0.5, 0.6) is 0 Å². The third kappa shape index (κ3) is 3.18. The number of amides is 1. The molecule has 2 fully saturated rings. The highest BCUT2D eigenvalue weighted by atomic mass is 16.5. The second kappa shape index (κ2) is 5.80. The van der Waals surface area contributed by atoms with Gasteiger partial charge in [-0.3, -0.25) is 9.69 Å². The maximum Gasteiger partial charge on any atom is 0.239 e. The Bertz CT molecular complexity index is 256. The summed E-state index contributed by atoms with van der Waals surface area (Å²) in [5.41, 5.74) is 5.63. The van der Waals surface area contributed by atoms with E-state index in [0.29, 0.717) is 6.04 Å². The van der Waals surface area contributed by atoms with E-state index in [-0.39, 0.29) is 11.9 Å². The minimum Gasteiger partial charge on any atom is -0.379 e. The van der Waals surface area contributed by atoms with Gasteiger partial charge in [-0.1, -0.05) is 0 Å². The molecule has 17 heavy (non-hydrogen) atoms. The molecule has 0 aromatic carbocycles. The normalized spacial score (nSPS) is 25.9. The average Bonchev–Trinajstić information content (AvgIpc) is 2.39. The lowest BCUT2D eigenvalue weighted by Gasteiger charge is -2.40. The molecule has 2 rings (SSSR count). The fourth-order valence-electron chi connectivity index (χ4n) is 2.68. The van der Waals surface area contributed by atoms with Crippen molar-refractivity contribution in [1.82, 2.24) is 9.80 Å². The molecule has 0 unspecified atom stereocenters. The summed E-state index contributed by atoms with van der Waals surface area (Å²) in [6, 6.07) is 0.256. The molecule has 0 aromatic rings. The van der Waals surface area contributed by atoms with Crippen molar-refractivity contribution in [1.29, 1.82) is 0 Å². The van der Waals surface area contributed by atoms with E-state index in [2.05, 4.69) is 4.90 Å². The van der Waals surface area contributed by atoms with Crippen LogP contribution < -0.4 is 5.73 Å². The standard InChI is InChI=1S/C12H23N3O2/c1-10(13)12(16)15-4-2-11(3-5-15)14-6-8-17-9-7-14/h10-11H,2-9,13H2,1H3/t10-/m1/s1. The predicted octanol–water partition coefficient (Wildman–Crippen LogP) is -0.343. The van der Waals surface area contributed by atoms with E-state index < -0.39 is 0 Å². The highest BCUT2D eigenvalue weighted by molar-refractivity contribution is 5.81. The lowest BCUT2D eigenvalue weighted by Crippen LogP contribution is -2.52. The molecule has 2 aliphatic heterocycles. The van der Waals surface area contributed by atoms with Gasteiger partial charge in [0.05, 0.1) is 19.3 Å². The summed E-state index contributed by atoms with van der Waals surface area (Å²) in [4.78, 5) is 16.1. The number of hydrogen-bond acceptors (Lipinski definition) is 4. The molecule has 0 radical (unpaired) electrons. The summed E-state index contributed by atoms with van der Waals surface area (Å²) >= 11 is 0. The molecule has 5 nitrogen and oxygen atoms in total. The van der Waals surface area contributed by atoms with Gasteiger partial charge in [-0.2, -0.15) is 0 Å². The van der Waals surface area contributed by atoms with Crippen LogP contribution in [0.25, 0.3) is 0 Å². The number of likely N-dealkylation sites (tertiary alicyclic amines) is 1. The number of rotatable bonds is 2. The molecular weight excluding hydrogens is 218 g/mol. The smallest absolute Gasteiger partial charge is 0.239 e. The van der Waals surface area contributed by atoms with Crippen LogP contribution >= 0.6 is 0 Å². The van der Waals surface area contributed by atoms with Crippen molar-refractivity contribution >= 4 is 5.91 Å². The van der Waals surface area contributed by atoms with Gasteiger partial charge in [0.1, 0.15) is 0 Å². The van der Waals surface area contributed by atoms with Gasteiger partial charge in [-0.05, 0) is 19.8 Å². The first-order valence-electron chi connectivity index (χ1n) is 6.54. The number of morpholine rings is 1. The number of nitrogens with two attached hydrogens (primary N) is 1. The van der Waals surface area contributed by atoms with E-state index in [4.69, 9.17) is 10.5 Å². The summed E-state index contributed by atoms with van der Waals surface area (Å²) in [6.07, 6.45) is 2.14. The summed E-state index contributed by atoms with van der Waals surface area (Å²) in [5, 5.41) is 0. The van der Waals surface area contributed by atoms with E-state index in [0.717, 1.165) is 52.2 Å². The van der Waals surface area contributed by atoms with Crippen molar-refractivity contribution in [3.05, 3.63) is 0 Å². The van der Waals surface area contributed by atoms with Crippen LogP contribution in [-0.2, 0) is 9.53 Å². The average molecular weight is 241 g/mol. The molecular formula is C12H23N3O2. The van der Waals surface area contributed by atoms with Gasteiger partial charge in [-0.25, -0.2) is 0 Å². The molecule has 1 atom stereocenters. The van der Waals surface area contributed by atoms with Crippen molar-refractivity contribution in [3.63, 3.8) is 0 Å². The number of hydrogen-bond donors (Lipinski definition) is 1. The zero-order valence-electron chi connectivity index (χ0n) is 10.6. The van der Waals surface area contributed by atoms with E-state index in [1.165, 1.54) is 0 Å². The van der Waals surface area contributed by atoms with Crippen molar-refractivity contribution < 1.29 is 9.53 Å².